The second kappa shape index (κ2) is 7.37. The highest BCUT2D eigenvalue weighted by Gasteiger charge is 2.64. The van der Waals surface area contributed by atoms with E-state index < -0.39 is 58.0 Å². The number of nitrogens with two attached hydrogens (primary N) is 1. The van der Waals surface area contributed by atoms with E-state index in [1.165, 1.54) is 11.0 Å². The highest BCUT2D eigenvalue weighted by Crippen LogP contribution is 2.52. The molecule has 1 aromatic carbocycles. The molecule has 0 aliphatic heterocycles. The molecule has 0 bridgehead atoms. The number of phenols is 1. The van der Waals surface area contributed by atoms with E-state index in [0.29, 0.717) is 12.0 Å². The van der Waals surface area contributed by atoms with Crippen molar-refractivity contribution in [3.8, 4) is 5.75 Å². The van der Waals surface area contributed by atoms with Crippen LogP contribution in [0, 0.1) is 11.8 Å². The number of benzene rings is 1. The highest BCUT2D eigenvalue weighted by atomic mass is 35.5. The quantitative estimate of drug-likeness (QED) is 0.404. The van der Waals surface area contributed by atoms with Gasteiger partial charge in [-0.1, -0.05) is 12.1 Å². The van der Waals surface area contributed by atoms with Gasteiger partial charge in [0, 0.05) is 11.5 Å². The van der Waals surface area contributed by atoms with Crippen molar-refractivity contribution in [2.24, 2.45) is 17.6 Å². The van der Waals surface area contributed by atoms with Gasteiger partial charge in [0.15, 0.2) is 11.4 Å². The monoisotopic (exact) mass is 450 g/mol. The molecule has 1 saturated carbocycles. The number of aromatic hydroxyl groups is 1. The SMILES string of the molecule is CN(C)[C@@H]1C(=O)C(C(N)=O)=C(O)[C@@]2(O)C(=O)C3=C(O)c4c(O)cccc4C[C@H]3C[C@@H]12.Cl. The second-order valence-corrected chi connectivity index (χ2v) is 8.27. The van der Waals surface area contributed by atoms with Crippen LogP contribution in [0.5, 0.6) is 5.75 Å². The Morgan fingerprint density at radius 3 is 2.42 bits per heavy atom. The molecule has 1 aromatic rings. The number of carbonyl (C=O) groups excluding carboxylic acids is 3. The topological polar surface area (TPSA) is 161 Å². The Balaban J connectivity index is 0.00000272. The van der Waals surface area contributed by atoms with E-state index in [9.17, 15) is 34.8 Å². The van der Waals surface area contributed by atoms with Crippen molar-refractivity contribution < 1.29 is 34.8 Å². The first-order valence-corrected chi connectivity index (χ1v) is 9.47. The molecule has 1 amide bonds. The zero-order chi connectivity index (χ0) is 22.1. The Bertz CT molecular complexity index is 1080. The largest absolute Gasteiger partial charge is 0.508 e. The van der Waals surface area contributed by atoms with Crippen LogP contribution in [0.1, 0.15) is 17.5 Å². The lowest BCUT2D eigenvalue weighted by Gasteiger charge is -2.50. The first-order chi connectivity index (χ1) is 14.0. The number of fused-ring (bicyclic) bond motifs is 3. The number of aliphatic hydroxyl groups is 3. The molecule has 1 fully saturated rings. The molecular weight excluding hydrogens is 428 g/mol. The number of hydrogen-bond donors (Lipinski definition) is 5. The van der Waals surface area contributed by atoms with Gasteiger partial charge in [-0.3, -0.25) is 19.3 Å². The second-order valence-electron chi connectivity index (χ2n) is 8.27. The number of hydrogen-bond acceptors (Lipinski definition) is 8. The van der Waals surface area contributed by atoms with Crippen LogP contribution in [0.4, 0.5) is 0 Å². The number of halogens is 1. The molecule has 3 aliphatic carbocycles. The van der Waals surface area contributed by atoms with Crippen molar-refractivity contribution in [3.63, 3.8) is 0 Å². The molecule has 0 heterocycles. The summed E-state index contributed by atoms with van der Waals surface area (Å²) in [7, 11) is 3.12. The summed E-state index contributed by atoms with van der Waals surface area (Å²) >= 11 is 0. The molecule has 10 heteroatoms. The van der Waals surface area contributed by atoms with Gasteiger partial charge in [0.1, 0.15) is 22.8 Å². The molecule has 166 valence electrons. The lowest BCUT2D eigenvalue weighted by atomic mass is 9.57. The summed E-state index contributed by atoms with van der Waals surface area (Å²) in [5, 5.41) is 43.1. The maximum Gasteiger partial charge on any atom is 0.255 e. The Hall–Kier alpha value is -2.88. The van der Waals surface area contributed by atoms with Gasteiger partial charge >= 0.3 is 0 Å². The Kier molecular flexibility index (Phi) is 5.42. The molecule has 0 unspecified atom stereocenters. The number of phenolic OH excluding ortho intramolecular Hbond substituents is 1. The summed E-state index contributed by atoms with van der Waals surface area (Å²) < 4.78 is 0. The van der Waals surface area contributed by atoms with E-state index in [2.05, 4.69) is 0 Å². The normalized spacial score (nSPS) is 29.9. The zero-order valence-corrected chi connectivity index (χ0v) is 17.6. The summed E-state index contributed by atoms with van der Waals surface area (Å²) in [6, 6.07) is 3.62. The van der Waals surface area contributed by atoms with Crippen molar-refractivity contribution in [1.82, 2.24) is 4.90 Å². The number of carbonyl (C=O) groups is 3. The van der Waals surface area contributed by atoms with E-state index in [1.54, 1.807) is 26.2 Å². The first kappa shape index (κ1) is 22.8. The number of primary amides is 1. The van der Waals surface area contributed by atoms with Gasteiger partial charge in [-0.2, -0.15) is 0 Å². The first-order valence-electron chi connectivity index (χ1n) is 9.47. The maximum atomic E-state index is 13.5. The van der Waals surface area contributed by atoms with Gasteiger partial charge in [-0.15, -0.1) is 12.4 Å². The standard InChI is InChI=1S/C21H22N2O7.ClH/c1-23(2)15-10-7-9-6-8-4-3-5-11(24)12(8)16(25)13(9)18(27)21(10,30)19(28)14(17(15)26)20(22)29;/h3-5,9-10,15,24-25,28,30H,6-7H2,1-2H3,(H2,22,29);1H/t9-,10-,15-,21-;/m0./s1. The van der Waals surface area contributed by atoms with Gasteiger partial charge in [0.2, 0.25) is 5.78 Å². The molecule has 0 spiro atoms. The fourth-order valence-corrected chi connectivity index (χ4v) is 5.18. The third-order valence-electron chi connectivity index (χ3n) is 6.46. The minimum Gasteiger partial charge on any atom is -0.508 e. The number of aliphatic hydroxyl groups excluding tert-OH is 2. The van der Waals surface area contributed by atoms with E-state index in [0.717, 1.165) is 0 Å². The Morgan fingerprint density at radius 1 is 1.19 bits per heavy atom. The van der Waals surface area contributed by atoms with Gasteiger partial charge in [0.05, 0.1) is 11.6 Å². The molecule has 0 aromatic heterocycles. The van der Waals surface area contributed by atoms with Crippen molar-refractivity contribution in [2.75, 3.05) is 14.1 Å². The van der Waals surface area contributed by atoms with E-state index in [-0.39, 0.29) is 35.7 Å². The molecule has 3 aliphatic rings. The van der Waals surface area contributed by atoms with Gasteiger partial charge < -0.3 is 26.2 Å². The zero-order valence-electron chi connectivity index (χ0n) is 16.8. The number of amides is 1. The Morgan fingerprint density at radius 2 is 1.84 bits per heavy atom. The fraction of sp³-hybridized carbons (Fsp3) is 0.381. The third-order valence-corrected chi connectivity index (χ3v) is 6.46. The Labute approximate surface area is 183 Å². The van der Waals surface area contributed by atoms with Crippen molar-refractivity contribution in [1.29, 1.82) is 0 Å². The molecule has 31 heavy (non-hydrogen) atoms. The minimum absolute atomic E-state index is 0. The van der Waals surface area contributed by atoms with Gasteiger partial charge in [-0.05, 0) is 44.5 Å². The highest BCUT2D eigenvalue weighted by molar-refractivity contribution is 6.24. The van der Waals surface area contributed by atoms with E-state index in [4.69, 9.17) is 5.73 Å². The summed E-state index contributed by atoms with van der Waals surface area (Å²) in [6.45, 7) is 0. The number of nitrogens with zero attached hydrogens (tertiary/aromatic N) is 1. The third kappa shape index (κ3) is 2.88. The molecule has 0 radical (unpaired) electrons. The molecule has 0 saturated heterocycles. The molecular formula is C21H23ClN2O7. The van der Waals surface area contributed by atoms with Crippen LogP contribution in [0.25, 0.3) is 5.76 Å². The summed E-state index contributed by atoms with van der Waals surface area (Å²) in [5.74, 6) is -6.43. The molecule has 4 atom stereocenters. The van der Waals surface area contributed by atoms with Crippen LogP contribution in [0.3, 0.4) is 0 Å². The van der Waals surface area contributed by atoms with E-state index in [1.807, 2.05) is 0 Å². The average Bonchev–Trinajstić information content (AvgIpc) is 2.64. The summed E-state index contributed by atoms with van der Waals surface area (Å²) in [4.78, 5) is 39.7. The summed E-state index contributed by atoms with van der Waals surface area (Å²) in [6.07, 6.45) is 0.379. The molecule has 9 nitrogen and oxygen atoms in total. The fourth-order valence-electron chi connectivity index (χ4n) is 5.18. The molecule has 4 rings (SSSR count). The van der Waals surface area contributed by atoms with E-state index >= 15 is 0 Å². The number of Topliss-reactive ketones (excluding diaryl/α,β-unsaturated/α-hetero) is 2. The van der Waals surface area contributed by atoms with Crippen LogP contribution in [-0.4, -0.2) is 68.5 Å². The van der Waals surface area contributed by atoms with Gasteiger partial charge in [0.25, 0.3) is 5.91 Å². The van der Waals surface area contributed by atoms with Crippen LogP contribution in [0.2, 0.25) is 0 Å². The molecule has 6 N–H and O–H groups in total. The van der Waals surface area contributed by atoms with Crippen LogP contribution >= 0.6 is 12.4 Å². The number of rotatable bonds is 2. The van der Waals surface area contributed by atoms with Crippen molar-refractivity contribution >= 4 is 35.6 Å². The van der Waals surface area contributed by atoms with Crippen LogP contribution in [-0.2, 0) is 20.8 Å². The maximum absolute atomic E-state index is 13.5. The lowest BCUT2D eigenvalue weighted by molar-refractivity contribution is -0.153. The predicted octanol–water partition coefficient (Wildman–Crippen LogP) is 0.386. The minimum atomic E-state index is -2.60. The predicted molar refractivity (Wildman–Crippen MR) is 111 cm³/mol. The summed E-state index contributed by atoms with van der Waals surface area (Å²) in [5.41, 5.74) is 2.41. The van der Waals surface area contributed by atoms with Crippen molar-refractivity contribution in [3.05, 3.63) is 46.2 Å². The van der Waals surface area contributed by atoms with Crippen LogP contribution in [0.15, 0.2) is 35.1 Å². The number of likely N-dealkylation sites (N-methyl/N-ethyl adjacent to an activating group) is 1. The van der Waals surface area contributed by atoms with Gasteiger partial charge in [-0.25, -0.2) is 0 Å². The number of ketones is 2. The smallest absolute Gasteiger partial charge is 0.255 e. The van der Waals surface area contributed by atoms with Crippen molar-refractivity contribution in [2.45, 2.75) is 24.5 Å². The lowest BCUT2D eigenvalue weighted by Crippen LogP contribution is -2.65. The van der Waals surface area contributed by atoms with Crippen LogP contribution < -0.4 is 5.73 Å². The average molecular weight is 451 g/mol.